The fourth-order valence-electron chi connectivity index (χ4n) is 1.35. The summed E-state index contributed by atoms with van der Waals surface area (Å²) in [5.74, 6) is 3.43. The molecule has 0 unspecified atom stereocenters. The van der Waals surface area contributed by atoms with Gasteiger partial charge in [0.2, 0.25) is 5.91 Å². The van der Waals surface area contributed by atoms with Crippen molar-refractivity contribution in [1.29, 1.82) is 0 Å². The van der Waals surface area contributed by atoms with Crippen LogP contribution in [0.2, 0.25) is 0 Å². The van der Waals surface area contributed by atoms with Gasteiger partial charge in [0.1, 0.15) is 12.4 Å². The van der Waals surface area contributed by atoms with E-state index in [1.807, 2.05) is 12.1 Å². The molecule has 1 aliphatic carbocycles. The maximum Gasteiger partial charge on any atom is 0.227 e. The molecular weight excluding hydrogens is 202 g/mol. The van der Waals surface area contributed by atoms with E-state index in [0.29, 0.717) is 5.75 Å². The van der Waals surface area contributed by atoms with Gasteiger partial charge >= 0.3 is 0 Å². The summed E-state index contributed by atoms with van der Waals surface area (Å²) in [4.78, 5) is 11.5. The first kappa shape index (κ1) is 10.6. The zero-order valence-corrected chi connectivity index (χ0v) is 8.90. The van der Waals surface area contributed by atoms with Gasteiger partial charge in [0, 0.05) is 11.6 Å². The summed E-state index contributed by atoms with van der Waals surface area (Å²) < 4.78 is 5.23. The predicted octanol–water partition coefficient (Wildman–Crippen LogP) is 2.05. The summed E-state index contributed by atoms with van der Waals surface area (Å²) in [6, 6.07) is 7.21. The third-order valence-electron chi connectivity index (χ3n) is 2.39. The Morgan fingerprint density at radius 3 is 2.69 bits per heavy atom. The molecule has 1 aromatic carbocycles. The minimum Gasteiger partial charge on any atom is -0.481 e. The van der Waals surface area contributed by atoms with Crippen LogP contribution in [0.5, 0.6) is 5.75 Å². The Hall–Kier alpha value is -1.95. The van der Waals surface area contributed by atoms with E-state index in [1.165, 1.54) is 0 Å². The molecular formula is C13H13NO2. The van der Waals surface area contributed by atoms with Gasteiger partial charge in [-0.2, -0.15) is 0 Å². The van der Waals surface area contributed by atoms with Crippen molar-refractivity contribution >= 4 is 11.6 Å². The van der Waals surface area contributed by atoms with E-state index in [4.69, 9.17) is 11.2 Å². The molecule has 1 saturated carbocycles. The smallest absolute Gasteiger partial charge is 0.227 e. The second-order valence-corrected chi connectivity index (χ2v) is 3.78. The second kappa shape index (κ2) is 4.71. The number of terminal acetylenes is 1. The number of hydrogen-bond acceptors (Lipinski definition) is 2. The molecule has 0 bridgehead atoms. The van der Waals surface area contributed by atoms with Gasteiger partial charge in [-0.1, -0.05) is 5.92 Å². The molecule has 0 aromatic heterocycles. The molecule has 16 heavy (non-hydrogen) atoms. The Morgan fingerprint density at radius 2 is 2.12 bits per heavy atom. The molecule has 0 radical (unpaired) electrons. The highest BCUT2D eigenvalue weighted by Crippen LogP contribution is 2.30. The van der Waals surface area contributed by atoms with E-state index >= 15 is 0 Å². The van der Waals surface area contributed by atoms with Crippen LogP contribution >= 0.6 is 0 Å². The Bertz CT molecular complexity index is 413. The SMILES string of the molecule is C#CCOc1ccc(NC(=O)C2CC2)cc1. The molecule has 0 spiro atoms. The van der Waals surface area contributed by atoms with Gasteiger partial charge in [0.05, 0.1) is 0 Å². The first-order chi connectivity index (χ1) is 7.79. The molecule has 1 fully saturated rings. The molecule has 2 rings (SSSR count). The van der Waals surface area contributed by atoms with Crippen molar-refractivity contribution in [1.82, 2.24) is 0 Å². The molecule has 1 amide bonds. The van der Waals surface area contributed by atoms with Crippen LogP contribution in [0.25, 0.3) is 0 Å². The molecule has 0 atom stereocenters. The van der Waals surface area contributed by atoms with Crippen LogP contribution < -0.4 is 10.1 Å². The van der Waals surface area contributed by atoms with Crippen molar-refractivity contribution in [2.75, 3.05) is 11.9 Å². The lowest BCUT2D eigenvalue weighted by Gasteiger charge is -2.05. The average Bonchev–Trinajstić information content (AvgIpc) is 3.12. The van der Waals surface area contributed by atoms with Crippen LogP contribution in [0.1, 0.15) is 12.8 Å². The quantitative estimate of drug-likeness (QED) is 0.780. The number of ether oxygens (including phenoxy) is 1. The molecule has 0 aliphatic heterocycles. The maximum atomic E-state index is 11.5. The number of amides is 1. The normalized spacial score (nSPS) is 13.9. The average molecular weight is 215 g/mol. The van der Waals surface area contributed by atoms with Crippen LogP contribution in [0.4, 0.5) is 5.69 Å². The van der Waals surface area contributed by atoms with Crippen LogP contribution in [0.15, 0.2) is 24.3 Å². The molecule has 3 nitrogen and oxygen atoms in total. The number of nitrogens with one attached hydrogen (secondary N) is 1. The molecule has 1 aliphatic rings. The van der Waals surface area contributed by atoms with Gasteiger partial charge in [-0.3, -0.25) is 4.79 Å². The molecule has 0 heterocycles. The van der Waals surface area contributed by atoms with Gasteiger partial charge in [-0.25, -0.2) is 0 Å². The first-order valence-corrected chi connectivity index (χ1v) is 5.27. The van der Waals surface area contributed by atoms with E-state index in [2.05, 4.69) is 11.2 Å². The van der Waals surface area contributed by atoms with Crippen molar-refractivity contribution in [2.45, 2.75) is 12.8 Å². The third kappa shape index (κ3) is 2.77. The fourth-order valence-corrected chi connectivity index (χ4v) is 1.35. The predicted molar refractivity (Wildman–Crippen MR) is 62.1 cm³/mol. The molecule has 82 valence electrons. The van der Waals surface area contributed by atoms with Crippen LogP contribution in [0, 0.1) is 18.3 Å². The highest BCUT2D eigenvalue weighted by Gasteiger charge is 2.29. The monoisotopic (exact) mass is 215 g/mol. The van der Waals surface area contributed by atoms with Crippen molar-refractivity contribution in [3.63, 3.8) is 0 Å². The largest absolute Gasteiger partial charge is 0.481 e. The van der Waals surface area contributed by atoms with Crippen LogP contribution in [0.3, 0.4) is 0 Å². The Balaban J connectivity index is 1.91. The first-order valence-electron chi connectivity index (χ1n) is 5.27. The number of hydrogen-bond donors (Lipinski definition) is 1. The second-order valence-electron chi connectivity index (χ2n) is 3.78. The van der Waals surface area contributed by atoms with E-state index < -0.39 is 0 Å². The summed E-state index contributed by atoms with van der Waals surface area (Å²) in [5, 5.41) is 2.85. The topological polar surface area (TPSA) is 38.3 Å². The van der Waals surface area contributed by atoms with E-state index in [-0.39, 0.29) is 18.4 Å². The lowest BCUT2D eigenvalue weighted by molar-refractivity contribution is -0.117. The van der Waals surface area contributed by atoms with E-state index in [9.17, 15) is 4.79 Å². The number of carbonyl (C=O) groups is 1. The molecule has 0 saturated heterocycles. The lowest BCUT2D eigenvalue weighted by Crippen LogP contribution is -2.13. The maximum absolute atomic E-state index is 11.5. The molecule has 1 N–H and O–H groups in total. The van der Waals surface area contributed by atoms with Crippen molar-refractivity contribution in [3.8, 4) is 18.1 Å². The summed E-state index contributed by atoms with van der Waals surface area (Å²) in [5.41, 5.74) is 0.796. The lowest BCUT2D eigenvalue weighted by atomic mass is 10.3. The third-order valence-corrected chi connectivity index (χ3v) is 2.39. The Morgan fingerprint density at radius 1 is 1.44 bits per heavy atom. The highest BCUT2D eigenvalue weighted by molar-refractivity contribution is 5.94. The number of anilines is 1. The summed E-state index contributed by atoms with van der Waals surface area (Å²) in [6.07, 6.45) is 7.10. The zero-order chi connectivity index (χ0) is 11.4. The number of rotatable bonds is 4. The summed E-state index contributed by atoms with van der Waals surface area (Å²) >= 11 is 0. The minimum atomic E-state index is 0.109. The van der Waals surface area contributed by atoms with Crippen molar-refractivity contribution in [3.05, 3.63) is 24.3 Å². The Labute approximate surface area is 94.8 Å². The van der Waals surface area contributed by atoms with Gasteiger partial charge in [0.15, 0.2) is 0 Å². The van der Waals surface area contributed by atoms with E-state index in [0.717, 1.165) is 18.5 Å². The summed E-state index contributed by atoms with van der Waals surface area (Å²) in [6.45, 7) is 0.258. The van der Waals surface area contributed by atoms with E-state index in [1.54, 1.807) is 12.1 Å². The Kier molecular flexibility index (Phi) is 3.11. The number of benzene rings is 1. The highest BCUT2D eigenvalue weighted by atomic mass is 16.5. The van der Waals surface area contributed by atoms with Crippen LogP contribution in [-0.4, -0.2) is 12.5 Å². The van der Waals surface area contributed by atoms with Crippen molar-refractivity contribution in [2.24, 2.45) is 5.92 Å². The van der Waals surface area contributed by atoms with Crippen molar-refractivity contribution < 1.29 is 9.53 Å². The van der Waals surface area contributed by atoms with Gasteiger partial charge in [0.25, 0.3) is 0 Å². The number of carbonyl (C=O) groups excluding carboxylic acids is 1. The van der Waals surface area contributed by atoms with Crippen LogP contribution in [-0.2, 0) is 4.79 Å². The van der Waals surface area contributed by atoms with Gasteiger partial charge in [-0.15, -0.1) is 6.42 Å². The minimum absolute atomic E-state index is 0.109. The zero-order valence-electron chi connectivity index (χ0n) is 8.90. The van der Waals surface area contributed by atoms with Gasteiger partial charge < -0.3 is 10.1 Å². The fraction of sp³-hybridized carbons (Fsp3) is 0.308. The summed E-state index contributed by atoms with van der Waals surface area (Å²) in [7, 11) is 0. The molecule has 1 aromatic rings. The van der Waals surface area contributed by atoms with Gasteiger partial charge in [-0.05, 0) is 37.1 Å². The standard InChI is InChI=1S/C13H13NO2/c1-2-9-16-12-7-5-11(6-8-12)14-13(15)10-3-4-10/h1,5-8,10H,3-4,9H2,(H,14,15). The molecule has 3 heteroatoms.